The minimum atomic E-state index is 0.526. The number of fused-ring (bicyclic) bond motifs is 6. The Labute approximate surface area is 229 Å². The molecule has 0 saturated heterocycles. The lowest BCUT2D eigenvalue weighted by molar-refractivity contribution is 0.536. The lowest BCUT2D eigenvalue weighted by Gasteiger charge is -2.03. The third kappa shape index (κ3) is 7.24. The molecular formula is C28H38Br2S3. The van der Waals surface area contributed by atoms with Crippen molar-refractivity contribution in [3.05, 3.63) is 26.4 Å². The Bertz CT molecular complexity index is 1020. The van der Waals surface area contributed by atoms with Gasteiger partial charge in [-0.1, -0.05) is 106 Å². The molecule has 0 spiro atoms. The Morgan fingerprint density at radius 2 is 1.33 bits per heavy atom. The van der Waals surface area contributed by atoms with Gasteiger partial charge in [0.2, 0.25) is 0 Å². The highest BCUT2D eigenvalue weighted by Gasteiger charge is 2.27. The average Bonchev–Trinajstić information content (AvgIpc) is 3.49. The van der Waals surface area contributed by atoms with Gasteiger partial charge in [-0.25, -0.2) is 0 Å². The van der Waals surface area contributed by atoms with E-state index in [4.69, 9.17) is 0 Å². The Morgan fingerprint density at radius 1 is 0.758 bits per heavy atom. The van der Waals surface area contributed by atoms with Crippen molar-refractivity contribution in [2.24, 2.45) is 0 Å². The molecule has 1 aliphatic rings. The lowest BCUT2D eigenvalue weighted by Crippen LogP contribution is -1.86. The van der Waals surface area contributed by atoms with Crippen LogP contribution in [0, 0.1) is 0 Å². The van der Waals surface area contributed by atoms with Crippen LogP contribution >= 0.6 is 66.3 Å². The Kier molecular flexibility index (Phi) is 11.0. The number of aryl methyl sites for hydroxylation is 1. The standard InChI is InChI=1S/C28H38Br2S3/c1-2-3-4-5-6-7-8-9-10-11-12-13-14-15-16-20-17-21-22-18-24(29)32-27(22)28-23(26(21)31-20)19-25(30)33-28/h17-18,25H,2-16,19H2,1H3. The van der Waals surface area contributed by atoms with E-state index in [9.17, 15) is 0 Å². The van der Waals surface area contributed by atoms with E-state index < -0.39 is 0 Å². The van der Waals surface area contributed by atoms with E-state index in [-0.39, 0.29) is 0 Å². The summed E-state index contributed by atoms with van der Waals surface area (Å²) in [5, 5.41) is 2.96. The van der Waals surface area contributed by atoms with Crippen molar-refractivity contribution in [3.8, 4) is 0 Å². The van der Waals surface area contributed by atoms with Gasteiger partial charge in [-0.05, 0) is 52.9 Å². The highest BCUT2D eigenvalue weighted by Crippen LogP contribution is 2.52. The molecule has 0 N–H and O–H groups in total. The summed E-state index contributed by atoms with van der Waals surface area (Å²) in [5.74, 6) is 0. The maximum absolute atomic E-state index is 3.87. The first-order valence-electron chi connectivity index (χ1n) is 13.1. The Hall–Kier alpha value is 0.450. The summed E-state index contributed by atoms with van der Waals surface area (Å²) in [6.45, 7) is 2.30. The minimum absolute atomic E-state index is 0.526. The quantitative estimate of drug-likeness (QED) is 0.119. The van der Waals surface area contributed by atoms with Gasteiger partial charge >= 0.3 is 0 Å². The summed E-state index contributed by atoms with van der Waals surface area (Å²) in [6, 6.07) is 4.85. The lowest BCUT2D eigenvalue weighted by atomic mass is 10.0. The van der Waals surface area contributed by atoms with Crippen LogP contribution in [-0.4, -0.2) is 4.16 Å². The van der Waals surface area contributed by atoms with Crippen molar-refractivity contribution in [2.45, 2.75) is 119 Å². The fourth-order valence-electron chi connectivity index (χ4n) is 5.09. The van der Waals surface area contributed by atoms with Gasteiger partial charge in [0.25, 0.3) is 0 Å². The first-order valence-corrected chi connectivity index (χ1v) is 17.4. The average molecular weight is 631 g/mol. The number of unbranched alkanes of at least 4 members (excludes halogenated alkanes) is 13. The summed E-state index contributed by atoms with van der Waals surface area (Å²) in [4.78, 5) is 3.11. The van der Waals surface area contributed by atoms with Gasteiger partial charge in [0.1, 0.15) is 0 Å². The number of hydrogen-bond acceptors (Lipinski definition) is 3. The van der Waals surface area contributed by atoms with Crippen LogP contribution in [0.25, 0.3) is 20.2 Å². The Morgan fingerprint density at radius 3 is 1.97 bits per heavy atom. The number of halogens is 2. The van der Waals surface area contributed by atoms with Crippen LogP contribution in [0.5, 0.6) is 0 Å². The molecule has 1 atom stereocenters. The normalized spacial score (nSPS) is 15.8. The molecule has 0 aliphatic carbocycles. The smallest absolute Gasteiger partial charge is 0.0711 e. The van der Waals surface area contributed by atoms with Crippen LogP contribution in [0.3, 0.4) is 0 Å². The molecule has 33 heavy (non-hydrogen) atoms. The molecule has 0 nitrogen and oxygen atoms in total. The third-order valence-corrected chi connectivity index (χ3v) is 11.9. The van der Waals surface area contributed by atoms with E-state index in [2.05, 4.69) is 62.3 Å². The van der Waals surface area contributed by atoms with Gasteiger partial charge in [-0.15, -0.1) is 34.4 Å². The van der Waals surface area contributed by atoms with Crippen LogP contribution in [0.15, 0.2) is 20.8 Å². The zero-order valence-corrected chi connectivity index (χ0v) is 25.6. The van der Waals surface area contributed by atoms with Gasteiger partial charge < -0.3 is 0 Å². The van der Waals surface area contributed by atoms with E-state index in [0.29, 0.717) is 4.16 Å². The number of benzene rings is 1. The van der Waals surface area contributed by atoms with Gasteiger partial charge in [-0.3, -0.25) is 0 Å². The van der Waals surface area contributed by atoms with Crippen LogP contribution in [-0.2, 0) is 12.8 Å². The summed E-state index contributed by atoms with van der Waals surface area (Å²) < 4.78 is 4.82. The molecule has 1 unspecified atom stereocenters. The predicted molar refractivity (Wildman–Crippen MR) is 161 cm³/mol. The van der Waals surface area contributed by atoms with Crippen LogP contribution in [0.4, 0.5) is 0 Å². The topological polar surface area (TPSA) is 0 Å². The zero-order valence-electron chi connectivity index (χ0n) is 20.0. The van der Waals surface area contributed by atoms with E-state index in [0.717, 1.165) is 6.42 Å². The minimum Gasteiger partial charge on any atom is -0.140 e. The van der Waals surface area contributed by atoms with Gasteiger partial charge in [0.15, 0.2) is 0 Å². The third-order valence-electron chi connectivity index (χ3n) is 6.92. The first-order chi connectivity index (χ1) is 16.2. The van der Waals surface area contributed by atoms with Crippen LogP contribution in [0.1, 0.15) is 107 Å². The molecule has 5 heteroatoms. The van der Waals surface area contributed by atoms with Crippen molar-refractivity contribution in [3.63, 3.8) is 0 Å². The van der Waals surface area contributed by atoms with Crippen molar-refractivity contribution >= 4 is 86.5 Å². The van der Waals surface area contributed by atoms with Gasteiger partial charge in [-0.2, -0.15) is 0 Å². The largest absolute Gasteiger partial charge is 0.140 e. The summed E-state index contributed by atoms with van der Waals surface area (Å²) >= 11 is 13.6. The SMILES string of the molecule is CCCCCCCCCCCCCCCCc1cc2c(s1)c1c(c3sc(Br)cc32)SC(Br)C1. The monoisotopic (exact) mass is 628 g/mol. The summed E-state index contributed by atoms with van der Waals surface area (Å²) in [7, 11) is 0. The number of rotatable bonds is 15. The van der Waals surface area contributed by atoms with E-state index >= 15 is 0 Å². The second kappa shape index (κ2) is 13.7. The van der Waals surface area contributed by atoms with Crippen LogP contribution < -0.4 is 0 Å². The molecule has 1 aliphatic heterocycles. The number of alkyl halides is 1. The molecule has 0 fully saturated rings. The second-order valence-corrected chi connectivity index (χ2v) is 16.1. The summed E-state index contributed by atoms with van der Waals surface area (Å²) in [6.07, 6.45) is 22.4. The molecule has 182 valence electrons. The molecule has 0 bridgehead atoms. The highest BCUT2D eigenvalue weighted by molar-refractivity contribution is 9.11. The number of thioether (sulfide) groups is 1. The van der Waals surface area contributed by atoms with Crippen molar-refractivity contribution in [1.29, 1.82) is 0 Å². The second-order valence-electron chi connectivity index (χ2n) is 9.63. The maximum Gasteiger partial charge on any atom is 0.0711 e. The Balaban J connectivity index is 1.16. The van der Waals surface area contributed by atoms with Gasteiger partial charge in [0.05, 0.1) is 12.6 Å². The predicted octanol–water partition coefficient (Wildman–Crippen LogP) is 12.3. The number of hydrogen-bond donors (Lipinski definition) is 0. The number of thiophene rings is 2. The zero-order chi connectivity index (χ0) is 23.0. The molecule has 0 saturated carbocycles. The molecular weight excluding hydrogens is 592 g/mol. The fraction of sp³-hybridized carbons (Fsp3) is 0.643. The molecule has 0 amide bonds. The van der Waals surface area contributed by atoms with Crippen molar-refractivity contribution < 1.29 is 0 Å². The van der Waals surface area contributed by atoms with E-state index in [1.165, 1.54) is 120 Å². The van der Waals surface area contributed by atoms with Crippen molar-refractivity contribution in [1.82, 2.24) is 0 Å². The van der Waals surface area contributed by atoms with Crippen LogP contribution in [0.2, 0.25) is 0 Å². The van der Waals surface area contributed by atoms with Gasteiger partial charge in [0, 0.05) is 25.2 Å². The highest BCUT2D eigenvalue weighted by atomic mass is 79.9. The summed E-state index contributed by atoms with van der Waals surface area (Å²) in [5.41, 5.74) is 1.59. The van der Waals surface area contributed by atoms with E-state index in [1.54, 1.807) is 15.1 Å². The first kappa shape index (κ1) is 26.5. The molecule has 1 aromatic carbocycles. The molecule has 3 heterocycles. The molecule has 0 radical (unpaired) electrons. The molecule has 3 aromatic rings. The fourth-order valence-corrected chi connectivity index (χ4v) is 10.2. The molecule has 2 aromatic heterocycles. The van der Waals surface area contributed by atoms with Crippen molar-refractivity contribution in [2.75, 3.05) is 0 Å². The molecule has 4 rings (SSSR count). The maximum atomic E-state index is 3.87. The van der Waals surface area contributed by atoms with E-state index in [1.807, 2.05) is 23.1 Å².